The maximum Gasteiger partial charge on any atom is 0.415 e. The number of ketones is 1. The zero-order valence-electron chi connectivity index (χ0n) is 10.7. The Labute approximate surface area is 107 Å². The lowest BCUT2D eigenvalue weighted by atomic mass is 10.1. The van der Waals surface area contributed by atoms with Crippen LogP contribution in [0, 0.1) is 13.8 Å². The van der Waals surface area contributed by atoms with E-state index in [0.29, 0.717) is 31.7 Å². The van der Waals surface area contributed by atoms with Crippen molar-refractivity contribution in [2.45, 2.75) is 26.7 Å². The molecule has 96 valence electrons. The van der Waals surface area contributed by atoms with E-state index < -0.39 is 0 Å². The van der Waals surface area contributed by atoms with Gasteiger partial charge in [0, 0.05) is 25.9 Å². The summed E-state index contributed by atoms with van der Waals surface area (Å²) in [4.78, 5) is 24.6. The van der Waals surface area contributed by atoms with Gasteiger partial charge in [0.1, 0.15) is 11.5 Å². The Kier molecular flexibility index (Phi) is 3.65. The van der Waals surface area contributed by atoms with Crippen molar-refractivity contribution in [2.75, 3.05) is 13.1 Å². The van der Waals surface area contributed by atoms with Gasteiger partial charge in [-0.25, -0.2) is 4.79 Å². The summed E-state index contributed by atoms with van der Waals surface area (Å²) in [6.07, 6.45) is 0.500. The van der Waals surface area contributed by atoms with Crippen molar-refractivity contribution in [3.63, 3.8) is 0 Å². The number of benzene rings is 1. The van der Waals surface area contributed by atoms with Crippen LogP contribution in [-0.2, 0) is 4.79 Å². The second kappa shape index (κ2) is 5.21. The van der Waals surface area contributed by atoms with Crippen LogP contribution >= 0.6 is 0 Å². The van der Waals surface area contributed by atoms with E-state index in [0.717, 1.165) is 11.1 Å². The topological polar surface area (TPSA) is 46.6 Å². The lowest BCUT2D eigenvalue weighted by molar-refractivity contribution is -0.121. The van der Waals surface area contributed by atoms with Crippen molar-refractivity contribution < 1.29 is 14.3 Å². The molecule has 18 heavy (non-hydrogen) atoms. The summed E-state index contributed by atoms with van der Waals surface area (Å²) in [7, 11) is 0. The fourth-order valence-electron chi connectivity index (χ4n) is 1.93. The third kappa shape index (κ3) is 2.70. The van der Waals surface area contributed by atoms with Crippen LogP contribution in [-0.4, -0.2) is 29.9 Å². The molecule has 1 aliphatic heterocycles. The fourth-order valence-corrected chi connectivity index (χ4v) is 1.93. The Morgan fingerprint density at radius 2 is 1.89 bits per heavy atom. The first kappa shape index (κ1) is 12.6. The molecule has 1 saturated heterocycles. The maximum absolute atomic E-state index is 11.9. The number of carbonyl (C=O) groups is 2. The molecule has 1 fully saturated rings. The van der Waals surface area contributed by atoms with Crippen LogP contribution in [0.1, 0.15) is 24.0 Å². The Morgan fingerprint density at radius 1 is 1.22 bits per heavy atom. The first-order valence-corrected chi connectivity index (χ1v) is 6.12. The molecular weight excluding hydrogens is 230 g/mol. The second-order valence-corrected chi connectivity index (χ2v) is 4.59. The van der Waals surface area contributed by atoms with Gasteiger partial charge in [0.25, 0.3) is 0 Å². The van der Waals surface area contributed by atoms with E-state index in [2.05, 4.69) is 0 Å². The number of amides is 1. The van der Waals surface area contributed by atoms with E-state index in [1.54, 1.807) is 11.0 Å². The van der Waals surface area contributed by atoms with E-state index in [1.807, 2.05) is 26.0 Å². The summed E-state index contributed by atoms with van der Waals surface area (Å²) in [5, 5.41) is 0. The highest BCUT2D eigenvalue weighted by Crippen LogP contribution is 2.21. The predicted octanol–water partition coefficient (Wildman–Crippen LogP) is 2.47. The largest absolute Gasteiger partial charge is 0.415 e. The first-order chi connectivity index (χ1) is 8.58. The molecule has 4 nitrogen and oxygen atoms in total. The average molecular weight is 247 g/mol. The van der Waals surface area contributed by atoms with Gasteiger partial charge in [-0.15, -0.1) is 0 Å². The summed E-state index contributed by atoms with van der Waals surface area (Å²) in [6, 6.07) is 5.63. The number of nitrogens with zero attached hydrogens (tertiary/aromatic N) is 1. The first-order valence-electron chi connectivity index (χ1n) is 6.12. The number of rotatable bonds is 1. The van der Waals surface area contributed by atoms with Crippen LogP contribution in [0.2, 0.25) is 0 Å². The van der Waals surface area contributed by atoms with Crippen LogP contribution in [0.4, 0.5) is 4.79 Å². The minimum absolute atomic E-state index is 0.214. The zero-order valence-corrected chi connectivity index (χ0v) is 10.7. The van der Waals surface area contributed by atoms with Crippen LogP contribution in [0.5, 0.6) is 5.75 Å². The van der Waals surface area contributed by atoms with Crippen molar-refractivity contribution in [1.29, 1.82) is 0 Å². The number of carbonyl (C=O) groups excluding carboxylic acids is 2. The Morgan fingerprint density at radius 3 is 2.56 bits per heavy atom. The number of ether oxygens (including phenoxy) is 1. The molecule has 0 bridgehead atoms. The molecule has 0 radical (unpaired) electrons. The molecule has 0 aliphatic carbocycles. The monoisotopic (exact) mass is 247 g/mol. The summed E-state index contributed by atoms with van der Waals surface area (Å²) < 4.78 is 5.38. The molecule has 1 aliphatic rings. The van der Waals surface area contributed by atoms with Crippen molar-refractivity contribution >= 4 is 11.9 Å². The van der Waals surface area contributed by atoms with Crippen LogP contribution in [0.3, 0.4) is 0 Å². The summed E-state index contributed by atoms with van der Waals surface area (Å²) in [5.41, 5.74) is 2.06. The molecular formula is C14H17NO3. The van der Waals surface area contributed by atoms with Crippen LogP contribution in [0.25, 0.3) is 0 Å². The average Bonchev–Trinajstić information content (AvgIpc) is 2.36. The van der Waals surface area contributed by atoms with Gasteiger partial charge in [0.2, 0.25) is 0 Å². The normalized spacial score (nSPS) is 15.7. The molecule has 0 unspecified atom stereocenters. The third-order valence-electron chi connectivity index (χ3n) is 3.33. The molecule has 0 aromatic heterocycles. The standard InChI is InChI=1S/C14H17NO3/c1-10-4-3-5-13(11(10)2)18-14(17)15-8-6-12(16)7-9-15/h3-5H,6-9H2,1-2H3. The Hall–Kier alpha value is -1.84. The van der Waals surface area contributed by atoms with Crippen LogP contribution in [0.15, 0.2) is 18.2 Å². The lowest BCUT2D eigenvalue weighted by Crippen LogP contribution is -2.40. The molecule has 1 amide bonds. The van der Waals surface area contributed by atoms with E-state index in [1.165, 1.54) is 0 Å². The van der Waals surface area contributed by atoms with Crippen molar-refractivity contribution in [2.24, 2.45) is 0 Å². The number of hydrogen-bond donors (Lipinski definition) is 0. The lowest BCUT2D eigenvalue weighted by Gasteiger charge is -2.25. The van der Waals surface area contributed by atoms with Gasteiger partial charge < -0.3 is 9.64 Å². The molecule has 1 aromatic rings. The number of Topliss-reactive ketones (excluding diaryl/α,β-unsaturated/α-hetero) is 1. The van der Waals surface area contributed by atoms with Gasteiger partial charge in [0.15, 0.2) is 0 Å². The van der Waals surface area contributed by atoms with E-state index in [9.17, 15) is 9.59 Å². The summed E-state index contributed by atoms with van der Waals surface area (Å²) in [5.74, 6) is 0.808. The zero-order chi connectivity index (χ0) is 13.1. The highest BCUT2D eigenvalue weighted by Gasteiger charge is 2.22. The summed E-state index contributed by atoms with van der Waals surface area (Å²) >= 11 is 0. The quantitative estimate of drug-likeness (QED) is 0.765. The molecule has 1 heterocycles. The fraction of sp³-hybridized carbons (Fsp3) is 0.429. The van der Waals surface area contributed by atoms with Crippen molar-refractivity contribution in [3.05, 3.63) is 29.3 Å². The molecule has 0 spiro atoms. The third-order valence-corrected chi connectivity index (χ3v) is 3.33. The van der Waals surface area contributed by atoms with Gasteiger partial charge >= 0.3 is 6.09 Å². The van der Waals surface area contributed by atoms with Crippen molar-refractivity contribution in [1.82, 2.24) is 4.90 Å². The number of piperidine rings is 1. The predicted molar refractivity (Wildman–Crippen MR) is 67.8 cm³/mol. The van der Waals surface area contributed by atoms with E-state index in [-0.39, 0.29) is 11.9 Å². The molecule has 4 heteroatoms. The summed E-state index contributed by atoms with van der Waals surface area (Å²) in [6.45, 7) is 4.83. The number of hydrogen-bond acceptors (Lipinski definition) is 3. The Balaban J connectivity index is 2.03. The van der Waals surface area contributed by atoms with E-state index >= 15 is 0 Å². The van der Waals surface area contributed by atoms with Gasteiger partial charge in [-0.1, -0.05) is 12.1 Å². The van der Waals surface area contributed by atoms with Gasteiger partial charge in [-0.05, 0) is 31.0 Å². The molecule has 0 saturated carbocycles. The smallest absolute Gasteiger partial charge is 0.410 e. The van der Waals surface area contributed by atoms with E-state index in [4.69, 9.17) is 4.74 Å². The molecule has 0 atom stereocenters. The maximum atomic E-state index is 11.9. The minimum Gasteiger partial charge on any atom is -0.410 e. The molecule has 1 aromatic carbocycles. The minimum atomic E-state index is -0.365. The van der Waals surface area contributed by atoms with Crippen LogP contribution < -0.4 is 4.74 Å². The van der Waals surface area contributed by atoms with Crippen molar-refractivity contribution in [3.8, 4) is 5.75 Å². The Bertz CT molecular complexity index is 472. The second-order valence-electron chi connectivity index (χ2n) is 4.59. The SMILES string of the molecule is Cc1cccc(OC(=O)N2CCC(=O)CC2)c1C. The molecule has 0 N–H and O–H groups in total. The van der Waals surface area contributed by atoms with Gasteiger partial charge in [-0.2, -0.15) is 0 Å². The highest BCUT2D eigenvalue weighted by atomic mass is 16.6. The molecule has 2 rings (SSSR count). The highest BCUT2D eigenvalue weighted by molar-refractivity contribution is 5.82. The van der Waals surface area contributed by atoms with Gasteiger partial charge in [-0.3, -0.25) is 4.79 Å². The number of aryl methyl sites for hydroxylation is 1. The number of likely N-dealkylation sites (tertiary alicyclic amines) is 1. The van der Waals surface area contributed by atoms with Gasteiger partial charge in [0.05, 0.1) is 0 Å².